The van der Waals surface area contributed by atoms with E-state index in [-0.39, 0.29) is 0 Å². The van der Waals surface area contributed by atoms with E-state index < -0.39 is 0 Å². The van der Waals surface area contributed by atoms with Gasteiger partial charge < -0.3 is 9.80 Å². The molecule has 0 aromatic heterocycles. The summed E-state index contributed by atoms with van der Waals surface area (Å²) in [5.74, 6) is 0.500. The fourth-order valence-electron chi connectivity index (χ4n) is 0.622. The van der Waals surface area contributed by atoms with Gasteiger partial charge in [-0.1, -0.05) is 6.08 Å². The van der Waals surface area contributed by atoms with Gasteiger partial charge in [-0.05, 0) is 0 Å². The van der Waals surface area contributed by atoms with Gasteiger partial charge in [-0.25, -0.2) is 0 Å². The van der Waals surface area contributed by atoms with Gasteiger partial charge in [0.05, 0.1) is 0 Å². The summed E-state index contributed by atoms with van der Waals surface area (Å²) in [5.41, 5.74) is 0. The van der Waals surface area contributed by atoms with Crippen molar-refractivity contribution in [3.05, 3.63) is 12.7 Å². The van der Waals surface area contributed by atoms with Gasteiger partial charge in [0.15, 0.2) is 5.96 Å². The molecule has 0 bridgehead atoms. The van der Waals surface area contributed by atoms with Gasteiger partial charge in [-0.3, -0.25) is 5.41 Å². The van der Waals surface area contributed by atoms with Crippen molar-refractivity contribution in [3.63, 3.8) is 0 Å². The molecule has 0 unspecified atom stereocenters. The van der Waals surface area contributed by atoms with E-state index in [4.69, 9.17) is 5.41 Å². The van der Waals surface area contributed by atoms with E-state index in [2.05, 4.69) is 6.58 Å². The van der Waals surface area contributed by atoms with E-state index in [0.717, 1.165) is 6.54 Å². The SMILES string of the molecule is C=CCN(C)C(=N)N(C)C. The molecule has 0 aromatic rings. The van der Waals surface area contributed by atoms with E-state index in [9.17, 15) is 0 Å². The second-order valence-electron chi connectivity index (χ2n) is 2.39. The van der Waals surface area contributed by atoms with Crippen molar-refractivity contribution < 1.29 is 0 Å². The lowest BCUT2D eigenvalue weighted by Gasteiger charge is -2.23. The van der Waals surface area contributed by atoms with Gasteiger partial charge in [0.2, 0.25) is 0 Å². The molecule has 3 heteroatoms. The molecule has 0 amide bonds. The average Bonchev–Trinajstić information content (AvgIpc) is 1.87. The Balaban J connectivity index is 3.81. The smallest absolute Gasteiger partial charge is 0.193 e. The van der Waals surface area contributed by atoms with Crippen LogP contribution in [0.1, 0.15) is 0 Å². The second kappa shape index (κ2) is 3.93. The first-order valence-corrected chi connectivity index (χ1v) is 3.17. The summed E-state index contributed by atoms with van der Waals surface area (Å²) in [5, 5.41) is 7.46. The lowest BCUT2D eigenvalue weighted by atomic mass is 10.5. The molecule has 0 aliphatic carbocycles. The van der Waals surface area contributed by atoms with E-state index in [1.165, 1.54) is 0 Å². The molecule has 1 N–H and O–H groups in total. The molecular weight excluding hydrogens is 126 g/mol. The zero-order valence-corrected chi connectivity index (χ0v) is 6.89. The molecular formula is C7H15N3. The lowest BCUT2D eigenvalue weighted by Crippen LogP contribution is -2.36. The minimum atomic E-state index is 0.500. The van der Waals surface area contributed by atoms with Crippen LogP contribution in [-0.4, -0.2) is 43.4 Å². The molecule has 58 valence electrons. The van der Waals surface area contributed by atoms with Crippen LogP contribution >= 0.6 is 0 Å². The largest absolute Gasteiger partial charge is 0.349 e. The zero-order chi connectivity index (χ0) is 8.15. The molecule has 0 aromatic carbocycles. The lowest BCUT2D eigenvalue weighted by molar-refractivity contribution is 0.451. The molecule has 0 aliphatic heterocycles. The van der Waals surface area contributed by atoms with Crippen molar-refractivity contribution in [1.82, 2.24) is 9.80 Å². The Kier molecular flexibility index (Phi) is 3.54. The van der Waals surface area contributed by atoms with Crippen LogP contribution < -0.4 is 0 Å². The summed E-state index contributed by atoms with van der Waals surface area (Å²) in [7, 11) is 5.56. The number of hydrogen-bond donors (Lipinski definition) is 1. The molecule has 0 saturated carbocycles. The Hall–Kier alpha value is -0.990. The number of nitrogens with one attached hydrogen (secondary N) is 1. The maximum absolute atomic E-state index is 7.46. The van der Waals surface area contributed by atoms with Crippen molar-refractivity contribution in [3.8, 4) is 0 Å². The average molecular weight is 141 g/mol. The number of hydrogen-bond acceptors (Lipinski definition) is 1. The van der Waals surface area contributed by atoms with E-state index in [1.807, 2.05) is 26.0 Å². The first-order valence-electron chi connectivity index (χ1n) is 3.17. The number of rotatable bonds is 2. The first-order chi connectivity index (χ1) is 4.59. The normalized spacial score (nSPS) is 8.70. The summed E-state index contributed by atoms with van der Waals surface area (Å²) in [6.07, 6.45) is 1.78. The molecule has 0 rings (SSSR count). The van der Waals surface area contributed by atoms with Gasteiger partial charge in [0, 0.05) is 27.7 Å². The molecule has 0 saturated heterocycles. The van der Waals surface area contributed by atoms with Crippen LogP contribution in [0, 0.1) is 5.41 Å². The highest BCUT2D eigenvalue weighted by molar-refractivity contribution is 5.76. The van der Waals surface area contributed by atoms with Crippen molar-refractivity contribution in [2.75, 3.05) is 27.7 Å². The topological polar surface area (TPSA) is 30.3 Å². The maximum Gasteiger partial charge on any atom is 0.193 e. The molecule has 0 spiro atoms. The van der Waals surface area contributed by atoms with Crippen molar-refractivity contribution in [1.29, 1.82) is 5.41 Å². The van der Waals surface area contributed by atoms with Gasteiger partial charge in [-0.2, -0.15) is 0 Å². The van der Waals surface area contributed by atoms with E-state index in [0.29, 0.717) is 5.96 Å². The monoisotopic (exact) mass is 141 g/mol. The first kappa shape index (κ1) is 9.01. The Morgan fingerprint density at radius 1 is 1.50 bits per heavy atom. The summed E-state index contributed by atoms with van der Waals surface area (Å²) in [6, 6.07) is 0. The van der Waals surface area contributed by atoms with Crippen LogP contribution in [-0.2, 0) is 0 Å². The second-order valence-corrected chi connectivity index (χ2v) is 2.39. The fourth-order valence-corrected chi connectivity index (χ4v) is 0.622. The highest BCUT2D eigenvalue weighted by Crippen LogP contribution is 1.87. The van der Waals surface area contributed by atoms with Crippen molar-refractivity contribution in [2.45, 2.75) is 0 Å². The van der Waals surface area contributed by atoms with Crippen LogP contribution in [0.4, 0.5) is 0 Å². The Morgan fingerprint density at radius 2 is 2.00 bits per heavy atom. The van der Waals surface area contributed by atoms with Crippen LogP contribution in [0.5, 0.6) is 0 Å². The standard InChI is InChI=1S/C7H15N3/c1-5-6-10(4)7(8)9(2)3/h5,8H,1,6H2,2-4H3. The number of nitrogens with zero attached hydrogens (tertiary/aromatic N) is 2. The molecule has 3 nitrogen and oxygen atoms in total. The summed E-state index contributed by atoms with van der Waals surface area (Å²) < 4.78 is 0. The summed E-state index contributed by atoms with van der Waals surface area (Å²) in [4.78, 5) is 3.57. The van der Waals surface area contributed by atoms with Crippen molar-refractivity contribution in [2.24, 2.45) is 0 Å². The van der Waals surface area contributed by atoms with Crippen molar-refractivity contribution >= 4 is 5.96 Å². The molecule has 0 radical (unpaired) electrons. The van der Waals surface area contributed by atoms with Gasteiger partial charge in [-0.15, -0.1) is 6.58 Å². The molecule has 0 atom stereocenters. The third-order valence-electron chi connectivity index (χ3n) is 1.19. The molecule has 10 heavy (non-hydrogen) atoms. The predicted molar refractivity (Wildman–Crippen MR) is 44.2 cm³/mol. The summed E-state index contributed by atoms with van der Waals surface area (Å²) >= 11 is 0. The summed E-state index contributed by atoms with van der Waals surface area (Å²) in [6.45, 7) is 4.30. The Labute approximate surface area is 62.4 Å². The molecule has 0 aliphatic rings. The van der Waals surface area contributed by atoms with Gasteiger partial charge >= 0.3 is 0 Å². The minimum Gasteiger partial charge on any atom is -0.349 e. The molecule has 0 fully saturated rings. The molecule has 0 heterocycles. The zero-order valence-electron chi connectivity index (χ0n) is 6.89. The maximum atomic E-state index is 7.46. The quantitative estimate of drug-likeness (QED) is 0.347. The highest BCUT2D eigenvalue weighted by Gasteiger charge is 2.02. The van der Waals surface area contributed by atoms with E-state index in [1.54, 1.807) is 11.0 Å². The van der Waals surface area contributed by atoms with Crippen LogP contribution in [0.25, 0.3) is 0 Å². The highest BCUT2D eigenvalue weighted by atomic mass is 15.3. The number of likely N-dealkylation sites (N-methyl/N-ethyl adjacent to an activating group) is 1. The van der Waals surface area contributed by atoms with Crippen LogP contribution in [0.3, 0.4) is 0 Å². The Morgan fingerprint density at radius 3 is 2.30 bits per heavy atom. The third kappa shape index (κ3) is 2.53. The van der Waals surface area contributed by atoms with Crippen LogP contribution in [0.2, 0.25) is 0 Å². The van der Waals surface area contributed by atoms with Crippen LogP contribution in [0.15, 0.2) is 12.7 Å². The van der Waals surface area contributed by atoms with Gasteiger partial charge in [0.1, 0.15) is 0 Å². The fraction of sp³-hybridized carbons (Fsp3) is 0.571. The predicted octanol–water partition coefficient (Wildman–Crippen LogP) is 0.601. The minimum absolute atomic E-state index is 0.500. The third-order valence-corrected chi connectivity index (χ3v) is 1.19. The van der Waals surface area contributed by atoms with Gasteiger partial charge in [0.25, 0.3) is 0 Å². The number of guanidine groups is 1. The Bertz CT molecular complexity index is 129. The van der Waals surface area contributed by atoms with E-state index >= 15 is 0 Å².